The van der Waals surface area contributed by atoms with Gasteiger partial charge in [-0.15, -0.1) is 0 Å². The van der Waals surface area contributed by atoms with Crippen LogP contribution in [0.15, 0.2) is 42.5 Å². The standard InChI is InChI=1S/C20H25FN2O3/c1-23(13-16-6-9-18(25-2)12-19(16)26-3)14-20(24)22-11-10-15-4-7-17(21)8-5-15/h4-9,12H,10-11,13-14H2,1-3H3,(H,22,24). The van der Waals surface area contributed by atoms with Crippen molar-refractivity contribution in [3.05, 3.63) is 59.4 Å². The van der Waals surface area contributed by atoms with Gasteiger partial charge in [-0.1, -0.05) is 18.2 Å². The van der Waals surface area contributed by atoms with Gasteiger partial charge in [0.1, 0.15) is 17.3 Å². The Balaban J connectivity index is 1.79. The van der Waals surface area contributed by atoms with Crippen LogP contribution in [0.25, 0.3) is 0 Å². The van der Waals surface area contributed by atoms with E-state index in [9.17, 15) is 9.18 Å². The maximum absolute atomic E-state index is 12.9. The highest BCUT2D eigenvalue weighted by Gasteiger charge is 2.11. The quantitative estimate of drug-likeness (QED) is 0.747. The molecule has 0 spiro atoms. The predicted molar refractivity (Wildman–Crippen MR) is 99.0 cm³/mol. The molecule has 0 aromatic heterocycles. The van der Waals surface area contributed by atoms with Crippen molar-refractivity contribution in [2.75, 3.05) is 34.4 Å². The highest BCUT2D eigenvalue weighted by atomic mass is 19.1. The molecule has 2 aromatic carbocycles. The summed E-state index contributed by atoms with van der Waals surface area (Å²) in [5.41, 5.74) is 1.97. The smallest absolute Gasteiger partial charge is 0.234 e. The largest absolute Gasteiger partial charge is 0.497 e. The second kappa shape index (κ2) is 9.77. The van der Waals surface area contributed by atoms with E-state index in [0.29, 0.717) is 19.5 Å². The minimum absolute atomic E-state index is 0.0536. The molecule has 1 amide bonds. The molecule has 5 nitrogen and oxygen atoms in total. The summed E-state index contributed by atoms with van der Waals surface area (Å²) < 4.78 is 23.4. The first kappa shape index (κ1) is 19.7. The summed E-state index contributed by atoms with van der Waals surface area (Å²) in [7, 11) is 5.10. The Kier molecular flexibility index (Phi) is 7.41. The van der Waals surface area contributed by atoms with E-state index in [1.165, 1.54) is 12.1 Å². The summed E-state index contributed by atoms with van der Waals surface area (Å²) in [4.78, 5) is 14.0. The lowest BCUT2D eigenvalue weighted by molar-refractivity contribution is -0.122. The molecule has 0 aliphatic heterocycles. The molecular formula is C20H25FN2O3. The topological polar surface area (TPSA) is 50.8 Å². The summed E-state index contributed by atoms with van der Waals surface area (Å²) >= 11 is 0. The fraction of sp³-hybridized carbons (Fsp3) is 0.350. The maximum Gasteiger partial charge on any atom is 0.234 e. The Hall–Kier alpha value is -2.60. The molecule has 0 bridgehead atoms. The van der Waals surface area contributed by atoms with Crippen LogP contribution in [0.3, 0.4) is 0 Å². The first-order valence-corrected chi connectivity index (χ1v) is 8.42. The van der Waals surface area contributed by atoms with Crippen LogP contribution in [0, 0.1) is 5.82 Å². The van der Waals surface area contributed by atoms with Crippen molar-refractivity contribution < 1.29 is 18.7 Å². The van der Waals surface area contributed by atoms with Gasteiger partial charge in [-0.3, -0.25) is 9.69 Å². The molecule has 0 heterocycles. The van der Waals surface area contributed by atoms with Crippen molar-refractivity contribution in [3.8, 4) is 11.5 Å². The number of carbonyl (C=O) groups excluding carboxylic acids is 1. The molecule has 0 unspecified atom stereocenters. The Morgan fingerprint density at radius 2 is 1.85 bits per heavy atom. The highest BCUT2D eigenvalue weighted by molar-refractivity contribution is 5.78. The third-order valence-corrected chi connectivity index (χ3v) is 4.00. The van der Waals surface area contributed by atoms with Crippen molar-refractivity contribution in [2.45, 2.75) is 13.0 Å². The minimum atomic E-state index is -0.256. The number of carbonyl (C=O) groups is 1. The average Bonchev–Trinajstić information content (AvgIpc) is 2.63. The van der Waals surface area contributed by atoms with Crippen LogP contribution in [0.2, 0.25) is 0 Å². The number of nitrogens with one attached hydrogen (secondary N) is 1. The first-order valence-electron chi connectivity index (χ1n) is 8.42. The molecule has 0 radical (unpaired) electrons. The van der Waals surface area contributed by atoms with Crippen LogP contribution < -0.4 is 14.8 Å². The van der Waals surface area contributed by atoms with E-state index in [-0.39, 0.29) is 18.3 Å². The molecule has 6 heteroatoms. The van der Waals surface area contributed by atoms with Crippen LogP contribution in [-0.2, 0) is 17.8 Å². The lowest BCUT2D eigenvalue weighted by atomic mass is 10.1. The predicted octanol–water partition coefficient (Wildman–Crippen LogP) is 2.63. The lowest BCUT2D eigenvalue weighted by Crippen LogP contribution is -2.35. The zero-order valence-corrected chi connectivity index (χ0v) is 15.4. The van der Waals surface area contributed by atoms with Gasteiger partial charge in [0.15, 0.2) is 0 Å². The number of nitrogens with zero attached hydrogens (tertiary/aromatic N) is 1. The number of amides is 1. The zero-order valence-electron chi connectivity index (χ0n) is 15.4. The van der Waals surface area contributed by atoms with E-state index in [2.05, 4.69) is 5.32 Å². The number of benzene rings is 2. The van der Waals surface area contributed by atoms with Crippen LogP contribution in [-0.4, -0.2) is 45.2 Å². The monoisotopic (exact) mass is 360 g/mol. The van der Waals surface area contributed by atoms with E-state index in [1.807, 2.05) is 30.1 Å². The minimum Gasteiger partial charge on any atom is -0.497 e. The van der Waals surface area contributed by atoms with Crippen molar-refractivity contribution in [2.24, 2.45) is 0 Å². The van der Waals surface area contributed by atoms with Crippen molar-refractivity contribution in [3.63, 3.8) is 0 Å². The Morgan fingerprint density at radius 1 is 1.12 bits per heavy atom. The van der Waals surface area contributed by atoms with E-state index < -0.39 is 0 Å². The lowest BCUT2D eigenvalue weighted by Gasteiger charge is -2.18. The van der Waals surface area contributed by atoms with Gasteiger partial charge in [0.2, 0.25) is 5.91 Å². The second-order valence-corrected chi connectivity index (χ2v) is 6.08. The van der Waals surface area contributed by atoms with Gasteiger partial charge in [-0.25, -0.2) is 4.39 Å². The number of ether oxygens (including phenoxy) is 2. The maximum atomic E-state index is 12.9. The molecule has 1 N–H and O–H groups in total. The van der Waals surface area contributed by atoms with Crippen molar-refractivity contribution in [1.82, 2.24) is 10.2 Å². The Morgan fingerprint density at radius 3 is 2.50 bits per heavy atom. The molecule has 0 saturated heterocycles. The van der Waals surface area contributed by atoms with Crippen LogP contribution in [0.4, 0.5) is 4.39 Å². The number of hydrogen-bond acceptors (Lipinski definition) is 4. The molecule has 0 atom stereocenters. The van der Waals surface area contributed by atoms with E-state index in [0.717, 1.165) is 22.6 Å². The molecular weight excluding hydrogens is 335 g/mol. The number of methoxy groups -OCH3 is 2. The summed E-state index contributed by atoms with van der Waals surface area (Å²) in [6.45, 7) is 1.38. The zero-order chi connectivity index (χ0) is 18.9. The van der Waals surface area contributed by atoms with Gasteiger partial charge in [0, 0.05) is 24.7 Å². The van der Waals surface area contributed by atoms with Gasteiger partial charge in [0.05, 0.1) is 20.8 Å². The summed E-state index contributed by atoms with van der Waals surface area (Å²) in [5.74, 6) is 1.15. The number of halogens is 1. The number of hydrogen-bond donors (Lipinski definition) is 1. The molecule has 2 aromatic rings. The Labute approximate surface area is 153 Å². The normalized spacial score (nSPS) is 10.7. The number of likely N-dealkylation sites (N-methyl/N-ethyl adjacent to an activating group) is 1. The molecule has 2 rings (SSSR count). The first-order chi connectivity index (χ1) is 12.5. The third-order valence-electron chi connectivity index (χ3n) is 4.00. The molecule has 26 heavy (non-hydrogen) atoms. The molecule has 0 saturated carbocycles. The molecule has 140 valence electrons. The summed E-state index contributed by atoms with van der Waals surface area (Å²) in [6, 6.07) is 11.9. The Bertz CT molecular complexity index is 719. The van der Waals surface area contributed by atoms with E-state index in [1.54, 1.807) is 26.4 Å². The fourth-order valence-electron chi connectivity index (χ4n) is 2.63. The van der Waals surface area contributed by atoms with Crippen LogP contribution >= 0.6 is 0 Å². The SMILES string of the molecule is COc1ccc(CN(C)CC(=O)NCCc2ccc(F)cc2)c(OC)c1. The molecule has 0 fully saturated rings. The summed E-state index contributed by atoms with van der Waals surface area (Å²) in [5, 5.41) is 2.88. The van der Waals surface area contributed by atoms with Gasteiger partial charge >= 0.3 is 0 Å². The van der Waals surface area contributed by atoms with Gasteiger partial charge in [-0.2, -0.15) is 0 Å². The van der Waals surface area contributed by atoms with Crippen molar-refractivity contribution >= 4 is 5.91 Å². The van der Waals surface area contributed by atoms with E-state index >= 15 is 0 Å². The molecule has 0 aliphatic rings. The summed E-state index contributed by atoms with van der Waals surface area (Å²) in [6.07, 6.45) is 0.669. The third kappa shape index (κ3) is 6.04. The molecule has 0 aliphatic carbocycles. The van der Waals surface area contributed by atoms with Gasteiger partial charge < -0.3 is 14.8 Å². The fourth-order valence-corrected chi connectivity index (χ4v) is 2.63. The average molecular weight is 360 g/mol. The van der Waals surface area contributed by atoms with Gasteiger partial charge in [0.25, 0.3) is 0 Å². The highest BCUT2D eigenvalue weighted by Crippen LogP contribution is 2.25. The van der Waals surface area contributed by atoms with Crippen LogP contribution in [0.1, 0.15) is 11.1 Å². The van der Waals surface area contributed by atoms with Crippen LogP contribution in [0.5, 0.6) is 11.5 Å². The van der Waals surface area contributed by atoms with Crippen molar-refractivity contribution in [1.29, 1.82) is 0 Å². The van der Waals surface area contributed by atoms with Gasteiger partial charge in [-0.05, 0) is 37.2 Å². The number of rotatable bonds is 9. The van der Waals surface area contributed by atoms with E-state index in [4.69, 9.17) is 9.47 Å². The second-order valence-electron chi connectivity index (χ2n) is 6.08.